The minimum atomic E-state index is -0.0651. The molecule has 2 aliphatic rings. The van der Waals surface area contributed by atoms with Crippen molar-refractivity contribution in [2.24, 2.45) is 5.41 Å². The lowest BCUT2D eigenvalue weighted by atomic mass is 9.51. The van der Waals surface area contributed by atoms with Crippen LogP contribution in [0.25, 0.3) is 0 Å². The Morgan fingerprint density at radius 1 is 1.12 bits per heavy atom. The number of fused-ring (bicyclic) bond motifs is 4. The molecule has 136 valence electrons. The van der Waals surface area contributed by atoms with Gasteiger partial charge in [-0.25, -0.2) is 0 Å². The molecule has 26 heavy (non-hydrogen) atoms. The zero-order valence-corrected chi connectivity index (χ0v) is 16.0. The van der Waals surface area contributed by atoms with Gasteiger partial charge in [0.05, 0.1) is 0 Å². The maximum atomic E-state index is 13.4. The number of carbonyl (C=O) groups is 1. The molecule has 1 N–H and O–H groups in total. The lowest BCUT2D eigenvalue weighted by molar-refractivity contribution is -0.0266. The summed E-state index contributed by atoms with van der Waals surface area (Å²) < 4.78 is 0. The van der Waals surface area contributed by atoms with E-state index in [9.17, 15) is 9.90 Å². The number of aryl methyl sites for hydroxylation is 1. The van der Waals surface area contributed by atoms with Gasteiger partial charge < -0.3 is 10.0 Å². The van der Waals surface area contributed by atoms with Crippen molar-refractivity contribution in [3.63, 3.8) is 0 Å². The number of likely N-dealkylation sites (tertiary alicyclic amines) is 1. The lowest BCUT2D eigenvalue weighted by Crippen LogP contribution is -2.64. The third kappa shape index (κ3) is 2.16. The van der Waals surface area contributed by atoms with Crippen molar-refractivity contribution in [2.75, 3.05) is 6.54 Å². The topological polar surface area (TPSA) is 40.5 Å². The van der Waals surface area contributed by atoms with E-state index in [1.165, 1.54) is 5.56 Å². The van der Waals surface area contributed by atoms with Crippen molar-refractivity contribution in [2.45, 2.75) is 52.0 Å². The van der Waals surface area contributed by atoms with Crippen LogP contribution in [-0.4, -0.2) is 28.5 Å². The van der Waals surface area contributed by atoms with Gasteiger partial charge in [0.2, 0.25) is 0 Å². The fourth-order valence-corrected chi connectivity index (χ4v) is 5.14. The fraction of sp³-hybridized carbons (Fsp3) is 0.435. The van der Waals surface area contributed by atoms with Crippen LogP contribution in [0.3, 0.4) is 0 Å². The molecule has 1 amide bonds. The first-order chi connectivity index (χ1) is 12.3. The van der Waals surface area contributed by atoms with Gasteiger partial charge in [-0.15, -0.1) is 0 Å². The zero-order chi connectivity index (χ0) is 18.7. The van der Waals surface area contributed by atoms with Crippen molar-refractivity contribution in [1.29, 1.82) is 0 Å². The standard InChI is InChI=1S/C23H27NO2/c1-15-8-5-6-9-16(15)21(26)24-13-12-23(4)18-10-7-11-19(25)17(18)14-20(24)22(23,2)3/h5-11,20,25H,12-14H2,1-4H3/t20-,23?/m1/s1. The number of piperidine rings is 1. The number of phenols is 1. The SMILES string of the molecule is Cc1ccccc1C(=O)N1CCC2(C)c3cccc(O)c3C[C@@H]1C2(C)C. The van der Waals surface area contributed by atoms with Crippen molar-refractivity contribution >= 4 is 5.91 Å². The van der Waals surface area contributed by atoms with Crippen LogP contribution in [0.1, 0.15) is 54.2 Å². The molecule has 2 aromatic carbocycles. The Morgan fingerprint density at radius 2 is 1.85 bits per heavy atom. The number of aromatic hydroxyl groups is 1. The van der Waals surface area contributed by atoms with Crippen LogP contribution >= 0.6 is 0 Å². The third-order valence-corrected chi connectivity index (χ3v) is 7.26. The molecule has 1 saturated heterocycles. The molecule has 0 aromatic heterocycles. The van der Waals surface area contributed by atoms with Crippen LogP contribution in [0.5, 0.6) is 5.75 Å². The number of carbonyl (C=O) groups excluding carboxylic acids is 1. The molecule has 2 bridgehead atoms. The van der Waals surface area contributed by atoms with Gasteiger partial charge in [0.25, 0.3) is 5.91 Å². The maximum absolute atomic E-state index is 13.4. The molecule has 3 nitrogen and oxygen atoms in total. The molecule has 2 atom stereocenters. The van der Waals surface area contributed by atoms with E-state index < -0.39 is 0 Å². The van der Waals surface area contributed by atoms with Gasteiger partial charge in [-0.1, -0.05) is 51.1 Å². The Morgan fingerprint density at radius 3 is 2.58 bits per heavy atom. The highest BCUT2D eigenvalue weighted by Gasteiger charge is 2.57. The van der Waals surface area contributed by atoms with Gasteiger partial charge in [0, 0.05) is 23.6 Å². The highest BCUT2D eigenvalue weighted by atomic mass is 16.3. The van der Waals surface area contributed by atoms with Crippen LogP contribution in [0.2, 0.25) is 0 Å². The van der Waals surface area contributed by atoms with E-state index in [2.05, 4.69) is 31.7 Å². The van der Waals surface area contributed by atoms with E-state index >= 15 is 0 Å². The van der Waals surface area contributed by atoms with Gasteiger partial charge in [-0.2, -0.15) is 0 Å². The van der Waals surface area contributed by atoms with Gasteiger partial charge in [-0.05, 0) is 54.0 Å². The summed E-state index contributed by atoms with van der Waals surface area (Å²) in [5, 5.41) is 10.5. The van der Waals surface area contributed by atoms with E-state index in [0.717, 1.165) is 29.7 Å². The fourth-order valence-electron chi connectivity index (χ4n) is 5.14. The van der Waals surface area contributed by atoms with Crippen molar-refractivity contribution in [1.82, 2.24) is 4.90 Å². The number of hydrogen-bond acceptors (Lipinski definition) is 2. The minimum absolute atomic E-state index is 0.0491. The predicted octanol–water partition coefficient (Wildman–Crippen LogP) is 4.46. The van der Waals surface area contributed by atoms with E-state index in [0.29, 0.717) is 12.2 Å². The molecular formula is C23H27NO2. The van der Waals surface area contributed by atoms with Crippen LogP contribution in [-0.2, 0) is 11.8 Å². The van der Waals surface area contributed by atoms with E-state index in [1.54, 1.807) is 6.07 Å². The summed E-state index contributed by atoms with van der Waals surface area (Å²) >= 11 is 0. The second kappa shape index (κ2) is 5.60. The highest BCUT2D eigenvalue weighted by molar-refractivity contribution is 5.96. The molecule has 0 spiro atoms. The van der Waals surface area contributed by atoms with Crippen molar-refractivity contribution in [3.8, 4) is 5.75 Å². The van der Waals surface area contributed by atoms with E-state index in [4.69, 9.17) is 0 Å². The summed E-state index contributed by atoms with van der Waals surface area (Å²) in [4.78, 5) is 15.4. The number of amides is 1. The summed E-state index contributed by atoms with van der Waals surface area (Å²) in [6.45, 7) is 9.61. The quantitative estimate of drug-likeness (QED) is 0.826. The van der Waals surface area contributed by atoms with Gasteiger partial charge in [0.1, 0.15) is 5.75 Å². The number of nitrogens with zero attached hydrogens (tertiary/aromatic N) is 1. The van der Waals surface area contributed by atoms with Crippen LogP contribution in [0, 0.1) is 12.3 Å². The predicted molar refractivity (Wildman–Crippen MR) is 104 cm³/mol. The smallest absolute Gasteiger partial charge is 0.254 e. The summed E-state index contributed by atoms with van der Waals surface area (Å²) in [6.07, 6.45) is 1.62. The molecule has 2 aromatic rings. The number of phenolic OH excluding ortho intramolecular Hbond substituents is 1. The molecule has 1 aliphatic carbocycles. The second-order valence-electron chi connectivity index (χ2n) is 8.64. The average Bonchev–Trinajstić information content (AvgIpc) is 2.59. The summed E-state index contributed by atoms with van der Waals surface area (Å²) in [7, 11) is 0. The maximum Gasteiger partial charge on any atom is 0.254 e. The Kier molecular flexibility index (Phi) is 3.69. The van der Waals surface area contributed by atoms with E-state index in [1.807, 2.05) is 37.3 Å². The molecule has 3 heteroatoms. The third-order valence-electron chi connectivity index (χ3n) is 7.26. The average molecular weight is 349 g/mol. The molecule has 0 saturated carbocycles. The normalized spacial score (nSPS) is 26.3. The first-order valence-corrected chi connectivity index (χ1v) is 9.45. The Hall–Kier alpha value is -2.29. The monoisotopic (exact) mass is 349 g/mol. The lowest BCUT2D eigenvalue weighted by Gasteiger charge is -2.60. The van der Waals surface area contributed by atoms with Crippen molar-refractivity contribution < 1.29 is 9.90 Å². The van der Waals surface area contributed by atoms with Gasteiger partial charge >= 0.3 is 0 Å². The molecule has 1 fully saturated rings. The number of rotatable bonds is 1. The first-order valence-electron chi connectivity index (χ1n) is 9.45. The summed E-state index contributed by atoms with van der Waals surface area (Å²) in [5.41, 5.74) is 3.96. The van der Waals surface area contributed by atoms with E-state index in [-0.39, 0.29) is 22.8 Å². The molecule has 4 rings (SSSR count). The van der Waals surface area contributed by atoms with Gasteiger partial charge in [-0.3, -0.25) is 4.79 Å². The summed E-state index contributed by atoms with van der Waals surface area (Å²) in [6, 6.07) is 13.8. The Balaban J connectivity index is 1.81. The second-order valence-corrected chi connectivity index (χ2v) is 8.64. The summed E-state index contributed by atoms with van der Waals surface area (Å²) in [5.74, 6) is 0.474. The molecule has 1 aliphatic heterocycles. The molecule has 1 heterocycles. The van der Waals surface area contributed by atoms with Crippen molar-refractivity contribution in [3.05, 3.63) is 64.7 Å². The molecule has 1 unspecified atom stereocenters. The molecular weight excluding hydrogens is 322 g/mol. The van der Waals surface area contributed by atoms with Crippen LogP contribution in [0.4, 0.5) is 0 Å². The molecule has 0 radical (unpaired) electrons. The van der Waals surface area contributed by atoms with Crippen LogP contribution < -0.4 is 0 Å². The largest absolute Gasteiger partial charge is 0.508 e. The number of benzene rings is 2. The Bertz CT molecular complexity index is 886. The highest BCUT2D eigenvalue weighted by Crippen LogP contribution is 2.57. The number of hydrogen-bond donors (Lipinski definition) is 1. The van der Waals surface area contributed by atoms with Gasteiger partial charge in [0.15, 0.2) is 0 Å². The minimum Gasteiger partial charge on any atom is -0.508 e. The Labute approximate surface area is 155 Å². The zero-order valence-electron chi connectivity index (χ0n) is 16.0. The first kappa shape index (κ1) is 17.1. The van der Waals surface area contributed by atoms with Crippen LogP contribution in [0.15, 0.2) is 42.5 Å².